The lowest BCUT2D eigenvalue weighted by Crippen LogP contribution is -2.46. The largest absolute Gasteiger partial charge is 0.399 e. The van der Waals surface area contributed by atoms with E-state index in [0.29, 0.717) is 0 Å². The van der Waals surface area contributed by atoms with Gasteiger partial charge in [0, 0.05) is 37.6 Å². The van der Waals surface area contributed by atoms with Gasteiger partial charge < -0.3 is 10.6 Å². The number of nitrogen functional groups attached to an aromatic ring is 1. The quantitative estimate of drug-likeness (QED) is 0.631. The van der Waals surface area contributed by atoms with Crippen molar-refractivity contribution in [2.75, 3.05) is 43.4 Å². The van der Waals surface area contributed by atoms with Gasteiger partial charge >= 0.3 is 0 Å². The Hall–Kier alpha value is -1.22. The van der Waals surface area contributed by atoms with Crippen LogP contribution in [0.1, 0.15) is 32.6 Å². The smallest absolute Gasteiger partial charge is 0.0368 e. The second kappa shape index (κ2) is 7.39. The summed E-state index contributed by atoms with van der Waals surface area (Å²) in [7, 11) is 0. The van der Waals surface area contributed by atoms with Crippen LogP contribution in [0.3, 0.4) is 0 Å². The van der Waals surface area contributed by atoms with E-state index in [4.69, 9.17) is 5.73 Å². The number of hydrogen-bond acceptors (Lipinski definition) is 3. The summed E-state index contributed by atoms with van der Waals surface area (Å²) in [4.78, 5) is 5.06. The molecule has 1 aliphatic heterocycles. The van der Waals surface area contributed by atoms with E-state index in [1.54, 1.807) is 0 Å². The summed E-state index contributed by atoms with van der Waals surface area (Å²) >= 11 is 0. The second-order valence-corrected chi connectivity index (χ2v) is 5.48. The fourth-order valence-electron chi connectivity index (χ4n) is 2.68. The zero-order valence-corrected chi connectivity index (χ0v) is 12.1. The van der Waals surface area contributed by atoms with Crippen molar-refractivity contribution in [2.45, 2.75) is 32.6 Å². The van der Waals surface area contributed by atoms with Gasteiger partial charge in [-0.1, -0.05) is 26.2 Å². The molecule has 0 atom stereocenters. The molecule has 0 aliphatic carbocycles. The summed E-state index contributed by atoms with van der Waals surface area (Å²) in [6, 6.07) is 8.25. The third-order valence-electron chi connectivity index (χ3n) is 3.96. The fraction of sp³-hybridized carbons (Fsp3) is 0.625. The number of unbranched alkanes of at least 4 members (excludes halogenated alkanes) is 3. The maximum atomic E-state index is 5.73. The van der Waals surface area contributed by atoms with Gasteiger partial charge in [0.25, 0.3) is 0 Å². The second-order valence-electron chi connectivity index (χ2n) is 5.48. The summed E-state index contributed by atoms with van der Waals surface area (Å²) in [6.45, 7) is 8.20. The normalized spacial score (nSPS) is 16.8. The van der Waals surface area contributed by atoms with Crippen LogP contribution in [0, 0.1) is 0 Å². The summed E-state index contributed by atoms with van der Waals surface area (Å²) in [5, 5.41) is 0. The first-order valence-electron chi connectivity index (χ1n) is 7.62. The molecule has 0 saturated carbocycles. The molecule has 0 spiro atoms. The molecule has 3 nitrogen and oxygen atoms in total. The van der Waals surface area contributed by atoms with Crippen molar-refractivity contribution in [1.29, 1.82) is 0 Å². The first kappa shape index (κ1) is 14.2. The minimum atomic E-state index is 0.846. The van der Waals surface area contributed by atoms with Gasteiger partial charge in [-0.15, -0.1) is 0 Å². The number of anilines is 2. The van der Waals surface area contributed by atoms with Gasteiger partial charge in [0.15, 0.2) is 0 Å². The lowest BCUT2D eigenvalue weighted by atomic mass is 10.2. The number of piperazine rings is 1. The van der Waals surface area contributed by atoms with Crippen molar-refractivity contribution in [3.8, 4) is 0 Å². The highest BCUT2D eigenvalue weighted by Gasteiger charge is 2.16. The first-order chi connectivity index (χ1) is 9.29. The van der Waals surface area contributed by atoms with E-state index in [0.717, 1.165) is 18.8 Å². The van der Waals surface area contributed by atoms with Crippen molar-refractivity contribution in [3.05, 3.63) is 24.3 Å². The molecule has 0 radical (unpaired) electrons. The third kappa shape index (κ3) is 4.43. The molecule has 1 aromatic rings. The number of nitrogens with zero attached hydrogens (tertiary/aromatic N) is 2. The maximum Gasteiger partial charge on any atom is 0.0368 e. The minimum absolute atomic E-state index is 0.846. The molecule has 3 heteroatoms. The molecule has 106 valence electrons. The van der Waals surface area contributed by atoms with E-state index in [1.807, 2.05) is 12.1 Å². The molecule has 1 saturated heterocycles. The standard InChI is InChI=1S/C16H27N3/c1-2-3-4-5-10-18-11-13-19(14-12-18)16-8-6-15(17)7-9-16/h6-9H,2-5,10-14,17H2,1H3. The van der Waals surface area contributed by atoms with E-state index in [-0.39, 0.29) is 0 Å². The van der Waals surface area contributed by atoms with Crippen LogP contribution in [0.5, 0.6) is 0 Å². The van der Waals surface area contributed by atoms with Crippen molar-refractivity contribution in [3.63, 3.8) is 0 Å². The molecule has 2 rings (SSSR count). The lowest BCUT2D eigenvalue weighted by Gasteiger charge is -2.36. The SMILES string of the molecule is CCCCCCN1CCN(c2ccc(N)cc2)CC1. The topological polar surface area (TPSA) is 32.5 Å². The predicted octanol–water partition coefficient (Wildman–Crippen LogP) is 2.97. The van der Waals surface area contributed by atoms with E-state index < -0.39 is 0 Å². The van der Waals surface area contributed by atoms with Gasteiger partial charge in [0.05, 0.1) is 0 Å². The molecule has 0 aromatic heterocycles. The fourth-order valence-corrected chi connectivity index (χ4v) is 2.68. The zero-order valence-electron chi connectivity index (χ0n) is 12.1. The van der Waals surface area contributed by atoms with Crippen LogP contribution in [0.2, 0.25) is 0 Å². The zero-order chi connectivity index (χ0) is 13.5. The molecule has 1 fully saturated rings. The Morgan fingerprint density at radius 3 is 2.26 bits per heavy atom. The Balaban J connectivity index is 1.71. The average Bonchev–Trinajstić information content (AvgIpc) is 2.45. The molecule has 0 amide bonds. The predicted molar refractivity (Wildman–Crippen MR) is 83.6 cm³/mol. The van der Waals surface area contributed by atoms with Gasteiger partial charge in [0.2, 0.25) is 0 Å². The Morgan fingerprint density at radius 1 is 0.947 bits per heavy atom. The molecule has 1 heterocycles. The van der Waals surface area contributed by atoms with Crippen LogP contribution in [0.4, 0.5) is 11.4 Å². The summed E-state index contributed by atoms with van der Waals surface area (Å²) in [5.74, 6) is 0. The Bertz CT molecular complexity index is 353. The van der Waals surface area contributed by atoms with Crippen LogP contribution in [0.15, 0.2) is 24.3 Å². The molecule has 2 N–H and O–H groups in total. The molecule has 19 heavy (non-hydrogen) atoms. The highest BCUT2D eigenvalue weighted by molar-refractivity contribution is 5.53. The van der Waals surface area contributed by atoms with E-state index in [9.17, 15) is 0 Å². The summed E-state index contributed by atoms with van der Waals surface area (Å²) in [5.41, 5.74) is 7.88. The first-order valence-corrected chi connectivity index (χ1v) is 7.62. The Kier molecular flexibility index (Phi) is 5.52. The van der Waals surface area contributed by atoms with Crippen LogP contribution in [-0.2, 0) is 0 Å². The highest BCUT2D eigenvalue weighted by atomic mass is 15.3. The monoisotopic (exact) mass is 261 g/mol. The van der Waals surface area contributed by atoms with Gasteiger partial charge in [-0.3, -0.25) is 4.90 Å². The van der Waals surface area contributed by atoms with E-state index in [2.05, 4.69) is 28.9 Å². The summed E-state index contributed by atoms with van der Waals surface area (Å²) in [6.07, 6.45) is 5.45. The molecular formula is C16H27N3. The van der Waals surface area contributed by atoms with Crippen molar-refractivity contribution >= 4 is 11.4 Å². The maximum absolute atomic E-state index is 5.73. The highest BCUT2D eigenvalue weighted by Crippen LogP contribution is 2.18. The van der Waals surface area contributed by atoms with Crippen LogP contribution in [0.25, 0.3) is 0 Å². The molecule has 0 unspecified atom stereocenters. The van der Waals surface area contributed by atoms with E-state index >= 15 is 0 Å². The number of hydrogen-bond donors (Lipinski definition) is 1. The van der Waals surface area contributed by atoms with Gasteiger partial charge in [0.1, 0.15) is 0 Å². The molecular weight excluding hydrogens is 234 g/mol. The van der Waals surface area contributed by atoms with Crippen molar-refractivity contribution < 1.29 is 0 Å². The van der Waals surface area contributed by atoms with Crippen molar-refractivity contribution in [2.24, 2.45) is 0 Å². The van der Waals surface area contributed by atoms with Crippen LogP contribution in [-0.4, -0.2) is 37.6 Å². The Morgan fingerprint density at radius 2 is 1.63 bits per heavy atom. The number of benzene rings is 1. The molecule has 0 bridgehead atoms. The van der Waals surface area contributed by atoms with Gasteiger partial charge in [-0.05, 0) is 37.2 Å². The Labute approximate surface area is 117 Å². The van der Waals surface area contributed by atoms with Crippen LogP contribution >= 0.6 is 0 Å². The average molecular weight is 261 g/mol. The third-order valence-corrected chi connectivity index (χ3v) is 3.96. The minimum Gasteiger partial charge on any atom is -0.399 e. The van der Waals surface area contributed by atoms with Gasteiger partial charge in [-0.25, -0.2) is 0 Å². The molecule has 1 aromatic carbocycles. The molecule has 1 aliphatic rings. The number of nitrogens with two attached hydrogens (primary N) is 1. The summed E-state index contributed by atoms with van der Waals surface area (Å²) < 4.78 is 0. The van der Waals surface area contributed by atoms with E-state index in [1.165, 1.54) is 51.0 Å². The van der Waals surface area contributed by atoms with Crippen LogP contribution < -0.4 is 10.6 Å². The van der Waals surface area contributed by atoms with Crippen molar-refractivity contribution in [1.82, 2.24) is 4.90 Å². The number of rotatable bonds is 6. The lowest BCUT2D eigenvalue weighted by molar-refractivity contribution is 0.252. The van der Waals surface area contributed by atoms with Gasteiger partial charge in [-0.2, -0.15) is 0 Å².